The topological polar surface area (TPSA) is 49.3 Å². The van der Waals surface area contributed by atoms with Gasteiger partial charge in [-0.3, -0.25) is 4.79 Å². The molecule has 1 aromatic rings. The van der Waals surface area contributed by atoms with Crippen LogP contribution in [0.5, 0.6) is 0 Å². The first-order valence-electron chi connectivity index (χ1n) is 10.1. The van der Waals surface area contributed by atoms with Crippen LogP contribution in [0.2, 0.25) is 0 Å². The molecule has 5 nitrogen and oxygen atoms in total. The third-order valence-electron chi connectivity index (χ3n) is 6.34. The highest BCUT2D eigenvalue weighted by Gasteiger charge is 2.42. The summed E-state index contributed by atoms with van der Waals surface area (Å²) >= 11 is 0. The van der Waals surface area contributed by atoms with Crippen molar-refractivity contribution < 1.29 is 4.79 Å². The molecule has 2 saturated heterocycles. The third-order valence-corrected chi connectivity index (χ3v) is 6.34. The van der Waals surface area contributed by atoms with Crippen LogP contribution in [0.4, 0.5) is 5.82 Å². The average molecular weight is 342 g/mol. The van der Waals surface area contributed by atoms with Gasteiger partial charge in [0.15, 0.2) is 0 Å². The molecule has 2 fully saturated rings. The van der Waals surface area contributed by atoms with Crippen molar-refractivity contribution in [3.8, 4) is 0 Å². The van der Waals surface area contributed by atoms with Gasteiger partial charge in [0.2, 0.25) is 5.91 Å². The predicted molar refractivity (Wildman–Crippen MR) is 98.7 cm³/mol. The van der Waals surface area contributed by atoms with Gasteiger partial charge >= 0.3 is 0 Å². The number of aromatic nitrogens is 2. The summed E-state index contributed by atoms with van der Waals surface area (Å²) in [6, 6.07) is 0. The lowest BCUT2D eigenvalue weighted by Gasteiger charge is -2.48. The van der Waals surface area contributed by atoms with Gasteiger partial charge < -0.3 is 9.80 Å². The van der Waals surface area contributed by atoms with Crippen LogP contribution in [0.15, 0.2) is 6.33 Å². The Morgan fingerprint density at radius 2 is 2.04 bits per heavy atom. The van der Waals surface area contributed by atoms with Crippen molar-refractivity contribution in [2.24, 2.45) is 5.41 Å². The number of fused-ring (bicyclic) bond motifs is 1. The highest BCUT2D eigenvalue weighted by Crippen LogP contribution is 2.41. The van der Waals surface area contributed by atoms with E-state index in [1.54, 1.807) is 6.33 Å². The van der Waals surface area contributed by atoms with Crippen LogP contribution in [-0.4, -0.2) is 47.0 Å². The van der Waals surface area contributed by atoms with Gasteiger partial charge in [0.1, 0.15) is 12.1 Å². The third kappa shape index (κ3) is 3.25. The molecule has 0 aromatic carbocycles. The number of aryl methyl sites for hydroxylation is 1. The number of nitrogens with zero attached hydrogens (tertiary/aromatic N) is 4. The van der Waals surface area contributed by atoms with Crippen molar-refractivity contribution in [2.75, 3.05) is 31.1 Å². The number of hydrogen-bond donors (Lipinski definition) is 0. The second-order valence-corrected chi connectivity index (χ2v) is 8.17. The van der Waals surface area contributed by atoms with Crippen molar-refractivity contribution in [2.45, 2.75) is 64.7 Å². The molecule has 1 aliphatic carbocycles. The highest BCUT2D eigenvalue weighted by molar-refractivity contribution is 5.77. The fourth-order valence-corrected chi connectivity index (χ4v) is 4.99. The number of rotatable bonds is 4. The molecule has 0 saturated carbocycles. The van der Waals surface area contributed by atoms with E-state index in [-0.39, 0.29) is 5.41 Å². The van der Waals surface area contributed by atoms with E-state index in [1.807, 2.05) is 0 Å². The van der Waals surface area contributed by atoms with E-state index in [2.05, 4.69) is 26.7 Å². The second kappa shape index (κ2) is 6.93. The van der Waals surface area contributed by atoms with Gasteiger partial charge in [-0.05, 0) is 44.9 Å². The summed E-state index contributed by atoms with van der Waals surface area (Å²) in [6.45, 7) is 6.21. The number of carbonyl (C=O) groups excluding carboxylic acids is 1. The first-order chi connectivity index (χ1) is 12.2. The van der Waals surface area contributed by atoms with Crippen LogP contribution in [-0.2, 0) is 17.6 Å². The average Bonchev–Trinajstić information content (AvgIpc) is 3.11. The zero-order chi connectivity index (χ0) is 17.3. The van der Waals surface area contributed by atoms with Crippen molar-refractivity contribution in [3.05, 3.63) is 17.6 Å². The van der Waals surface area contributed by atoms with Gasteiger partial charge in [0.25, 0.3) is 0 Å². The molecule has 2 aliphatic heterocycles. The minimum absolute atomic E-state index is 0.260. The molecule has 1 atom stereocenters. The van der Waals surface area contributed by atoms with Gasteiger partial charge in [0, 0.05) is 49.3 Å². The zero-order valence-corrected chi connectivity index (χ0v) is 15.5. The van der Waals surface area contributed by atoms with Crippen molar-refractivity contribution in [1.82, 2.24) is 14.9 Å². The first kappa shape index (κ1) is 16.8. The molecule has 25 heavy (non-hydrogen) atoms. The number of hydrogen-bond acceptors (Lipinski definition) is 4. The molecule has 1 aromatic heterocycles. The first-order valence-corrected chi connectivity index (χ1v) is 10.1. The van der Waals surface area contributed by atoms with E-state index in [9.17, 15) is 4.79 Å². The molecule has 0 N–H and O–H groups in total. The van der Waals surface area contributed by atoms with Gasteiger partial charge in [-0.2, -0.15) is 0 Å². The summed E-state index contributed by atoms with van der Waals surface area (Å²) in [4.78, 5) is 26.1. The SMILES string of the molecule is CCCCN1CC2(CCCN(c3ncnc4c3CCC4)C2)CCC1=O. The van der Waals surface area contributed by atoms with Gasteiger partial charge in [0.05, 0.1) is 0 Å². The highest BCUT2D eigenvalue weighted by atomic mass is 16.2. The van der Waals surface area contributed by atoms with Crippen LogP contribution in [0.1, 0.15) is 63.1 Å². The summed E-state index contributed by atoms with van der Waals surface area (Å²) in [5, 5.41) is 0. The van der Waals surface area contributed by atoms with E-state index in [4.69, 9.17) is 0 Å². The number of piperidine rings is 2. The molecule has 4 rings (SSSR count). The molecule has 136 valence electrons. The number of likely N-dealkylation sites (tertiary alicyclic amines) is 1. The lowest BCUT2D eigenvalue weighted by Crippen LogP contribution is -2.54. The smallest absolute Gasteiger partial charge is 0.222 e. The summed E-state index contributed by atoms with van der Waals surface area (Å²) in [7, 11) is 0. The molecule has 1 amide bonds. The van der Waals surface area contributed by atoms with Crippen molar-refractivity contribution >= 4 is 11.7 Å². The van der Waals surface area contributed by atoms with Crippen LogP contribution < -0.4 is 4.90 Å². The monoisotopic (exact) mass is 342 g/mol. The van der Waals surface area contributed by atoms with E-state index in [1.165, 1.54) is 36.3 Å². The van der Waals surface area contributed by atoms with Gasteiger partial charge in [-0.15, -0.1) is 0 Å². The van der Waals surface area contributed by atoms with E-state index >= 15 is 0 Å². The maximum absolute atomic E-state index is 12.3. The molecule has 1 spiro atoms. The van der Waals surface area contributed by atoms with Crippen LogP contribution in [0.25, 0.3) is 0 Å². The lowest BCUT2D eigenvalue weighted by atomic mass is 9.73. The van der Waals surface area contributed by atoms with Crippen molar-refractivity contribution in [3.63, 3.8) is 0 Å². The Balaban J connectivity index is 1.53. The van der Waals surface area contributed by atoms with Crippen LogP contribution >= 0.6 is 0 Å². The number of unbranched alkanes of at least 4 members (excludes halogenated alkanes) is 1. The Morgan fingerprint density at radius 3 is 2.92 bits per heavy atom. The maximum atomic E-state index is 12.3. The molecule has 0 radical (unpaired) electrons. The van der Waals surface area contributed by atoms with E-state index in [0.29, 0.717) is 5.91 Å². The Bertz CT molecular complexity index is 647. The summed E-state index contributed by atoms with van der Waals surface area (Å²) < 4.78 is 0. The largest absolute Gasteiger partial charge is 0.356 e. The fourth-order valence-electron chi connectivity index (χ4n) is 4.99. The molecular weight excluding hydrogens is 312 g/mol. The zero-order valence-electron chi connectivity index (χ0n) is 15.5. The predicted octanol–water partition coefficient (Wildman–Crippen LogP) is 2.97. The summed E-state index contributed by atoms with van der Waals surface area (Å²) in [6.07, 6.45) is 11.6. The van der Waals surface area contributed by atoms with Gasteiger partial charge in [-0.1, -0.05) is 13.3 Å². The molecule has 1 unspecified atom stereocenters. The molecule has 3 heterocycles. The second-order valence-electron chi connectivity index (χ2n) is 8.17. The van der Waals surface area contributed by atoms with Crippen LogP contribution in [0, 0.1) is 5.41 Å². The summed E-state index contributed by atoms with van der Waals surface area (Å²) in [5.41, 5.74) is 2.90. The Labute approximate surface area is 150 Å². The minimum Gasteiger partial charge on any atom is -0.356 e. The Hall–Kier alpha value is -1.65. The summed E-state index contributed by atoms with van der Waals surface area (Å²) in [5.74, 6) is 1.54. The standard InChI is InChI=1S/C20H30N4O/c1-2-3-11-23-13-20(10-8-18(23)25)9-5-12-24(14-20)19-16-6-4-7-17(16)21-15-22-19/h15H,2-14H2,1H3. The number of amides is 1. The lowest BCUT2D eigenvalue weighted by molar-refractivity contribution is -0.138. The molecule has 3 aliphatic rings. The number of anilines is 1. The normalized spacial score (nSPS) is 26.4. The fraction of sp³-hybridized carbons (Fsp3) is 0.750. The van der Waals surface area contributed by atoms with Crippen LogP contribution in [0.3, 0.4) is 0 Å². The number of carbonyl (C=O) groups is 1. The molecular formula is C20H30N4O. The minimum atomic E-state index is 0.260. The Morgan fingerprint density at radius 1 is 1.12 bits per heavy atom. The van der Waals surface area contributed by atoms with E-state index in [0.717, 1.165) is 64.7 Å². The molecule has 0 bridgehead atoms. The maximum Gasteiger partial charge on any atom is 0.222 e. The Kier molecular flexibility index (Phi) is 4.65. The van der Waals surface area contributed by atoms with E-state index < -0.39 is 0 Å². The van der Waals surface area contributed by atoms with Crippen molar-refractivity contribution in [1.29, 1.82) is 0 Å². The quantitative estimate of drug-likeness (QED) is 0.844. The molecule has 5 heteroatoms. The van der Waals surface area contributed by atoms with Gasteiger partial charge in [-0.25, -0.2) is 9.97 Å².